The van der Waals surface area contributed by atoms with Crippen LogP contribution in [0.1, 0.15) is 47.8 Å². The third-order valence-electron chi connectivity index (χ3n) is 5.71. The summed E-state index contributed by atoms with van der Waals surface area (Å²) in [4.78, 5) is 19.9. The molecule has 0 amide bonds. The first-order chi connectivity index (χ1) is 12.7. The number of aliphatic hydroxyl groups is 1. The van der Waals surface area contributed by atoms with Gasteiger partial charge in [0.05, 0.1) is 29.5 Å². The molecule has 2 aliphatic rings. The van der Waals surface area contributed by atoms with Crippen molar-refractivity contribution in [2.75, 3.05) is 13.1 Å². The Labute approximate surface area is 151 Å². The Bertz CT molecular complexity index is 954. The number of hydrogen-bond acceptors (Lipinski definition) is 6. The Morgan fingerprint density at radius 3 is 3.08 bits per heavy atom. The number of rotatable bonds is 3. The van der Waals surface area contributed by atoms with Crippen LogP contribution in [0.5, 0.6) is 0 Å². The molecule has 1 fully saturated rings. The average Bonchev–Trinajstić information content (AvgIpc) is 3.25. The molecule has 2 aliphatic heterocycles. The van der Waals surface area contributed by atoms with Crippen LogP contribution in [0.4, 0.5) is 0 Å². The molecule has 1 N–H and O–H groups in total. The first-order valence-corrected chi connectivity index (χ1v) is 9.25. The number of hydrogen-bond donors (Lipinski definition) is 1. The Kier molecular flexibility index (Phi) is 3.72. The highest BCUT2D eigenvalue weighted by Gasteiger charge is 2.36. The van der Waals surface area contributed by atoms with E-state index in [0.717, 1.165) is 29.8 Å². The van der Waals surface area contributed by atoms with Crippen molar-refractivity contribution in [3.8, 4) is 0 Å². The number of aryl methyl sites for hydroxylation is 1. The van der Waals surface area contributed by atoms with Gasteiger partial charge in [-0.2, -0.15) is 0 Å². The van der Waals surface area contributed by atoms with Gasteiger partial charge in [0, 0.05) is 36.5 Å². The molecule has 2 atom stereocenters. The smallest absolute Gasteiger partial charge is 0.126 e. The molecule has 1 saturated heterocycles. The molecule has 0 aromatic carbocycles. The predicted molar refractivity (Wildman–Crippen MR) is 96.5 cm³/mol. The molecule has 5 rings (SSSR count). The summed E-state index contributed by atoms with van der Waals surface area (Å²) in [5.41, 5.74) is 5.36. The highest BCUT2D eigenvalue weighted by atomic mass is 16.3. The van der Waals surface area contributed by atoms with Crippen molar-refractivity contribution < 1.29 is 5.11 Å². The quantitative estimate of drug-likeness (QED) is 0.778. The van der Waals surface area contributed by atoms with Gasteiger partial charge in [0.25, 0.3) is 0 Å². The van der Waals surface area contributed by atoms with Crippen LogP contribution in [0, 0.1) is 6.92 Å². The van der Waals surface area contributed by atoms with Crippen LogP contribution < -0.4 is 0 Å². The summed E-state index contributed by atoms with van der Waals surface area (Å²) in [7, 11) is 0. The first kappa shape index (κ1) is 15.8. The lowest BCUT2D eigenvalue weighted by Crippen LogP contribution is -2.31. The summed E-state index contributed by atoms with van der Waals surface area (Å²) in [5, 5.41) is 10.7. The predicted octanol–water partition coefficient (Wildman–Crippen LogP) is 1.96. The highest BCUT2D eigenvalue weighted by Crippen LogP contribution is 2.42. The summed E-state index contributed by atoms with van der Waals surface area (Å²) < 4.78 is 2.21. The summed E-state index contributed by atoms with van der Waals surface area (Å²) in [6.45, 7) is 4.64. The Hall–Kier alpha value is -2.38. The monoisotopic (exact) mass is 350 g/mol. The van der Waals surface area contributed by atoms with Gasteiger partial charge in [-0.3, -0.25) is 4.90 Å². The molecule has 0 bridgehead atoms. The van der Waals surface area contributed by atoms with Crippen molar-refractivity contribution in [3.05, 3.63) is 47.6 Å². The van der Waals surface area contributed by atoms with Crippen molar-refractivity contribution in [3.63, 3.8) is 0 Å². The third-order valence-corrected chi connectivity index (χ3v) is 5.71. The van der Waals surface area contributed by atoms with E-state index in [4.69, 9.17) is 4.98 Å². The van der Waals surface area contributed by atoms with Crippen LogP contribution in [0.2, 0.25) is 0 Å². The summed E-state index contributed by atoms with van der Waals surface area (Å²) in [5.74, 6) is 0.795. The SMILES string of the molecule is Cc1ncc2c(n1)c1c(n2CC(O)c2ccncn2)CCN2CCCC12. The zero-order valence-electron chi connectivity index (χ0n) is 14.8. The topological polar surface area (TPSA) is 80.0 Å². The largest absolute Gasteiger partial charge is 0.385 e. The minimum atomic E-state index is -0.680. The Balaban J connectivity index is 1.64. The molecule has 7 nitrogen and oxygen atoms in total. The van der Waals surface area contributed by atoms with Crippen molar-refractivity contribution in [1.29, 1.82) is 0 Å². The molecule has 26 heavy (non-hydrogen) atoms. The summed E-state index contributed by atoms with van der Waals surface area (Å²) >= 11 is 0. The van der Waals surface area contributed by atoms with Gasteiger partial charge in [0.15, 0.2) is 0 Å². The lowest BCUT2D eigenvalue weighted by molar-refractivity contribution is 0.150. The molecule has 3 aromatic rings. The number of nitrogens with zero attached hydrogens (tertiary/aromatic N) is 6. The van der Waals surface area contributed by atoms with Crippen LogP contribution in [0.25, 0.3) is 11.0 Å². The average molecular weight is 350 g/mol. The van der Waals surface area contributed by atoms with Crippen molar-refractivity contribution in [1.82, 2.24) is 29.4 Å². The van der Waals surface area contributed by atoms with Gasteiger partial charge in [-0.25, -0.2) is 19.9 Å². The molecule has 7 heteroatoms. The molecule has 0 saturated carbocycles. The van der Waals surface area contributed by atoms with Gasteiger partial charge in [-0.1, -0.05) is 0 Å². The summed E-state index contributed by atoms with van der Waals surface area (Å²) in [6.07, 6.45) is 7.77. The van der Waals surface area contributed by atoms with E-state index in [1.165, 1.54) is 37.0 Å². The van der Waals surface area contributed by atoms with Gasteiger partial charge in [0.1, 0.15) is 18.3 Å². The van der Waals surface area contributed by atoms with E-state index in [2.05, 4.69) is 24.4 Å². The van der Waals surface area contributed by atoms with Gasteiger partial charge < -0.3 is 9.67 Å². The fraction of sp³-hybridized carbons (Fsp3) is 0.474. The van der Waals surface area contributed by atoms with Gasteiger partial charge >= 0.3 is 0 Å². The van der Waals surface area contributed by atoms with Gasteiger partial charge in [-0.05, 0) is 32.4 Å². The molecule has 3 aromatic heterocycles. The second kappa shape index (κ2) is 6.10. The van der Waals surface area contributed by atoms with Crippen LogP contribution in [0.3, 0.4) is 0 Å². The lowest BCUT2D eigenvalue weighted by Gasteiger charge is -2.30. The highest BCUT2D eigenvalue weighted by molar-refractivity contribution is 5.82. The minimum absolute atomic E-state index is 0.452. The number of fused-ring (bicyclic) bond motifs is 5. The van der Waals surface area contributed by atoms with Crippen LogP contribution in [-0.4, -0.2) is 47.6 Å². The van der Waals surface area contributed by atoms with Crippen molar-refractivity contribution >= 4 is 11.0 Å². The molecule has 134 valence electrons. The standard InChI is InChI=1S/C19H22N6O/c1-12-21-9-16-19(23-12)18-14-3-2-7-24(14)8-5-15(18)25(16)10-17(26)13-4-6-20-11-22-13/h4,6,9,11,14,17,26H,2-3,5,7-8,10H2,1H3. The number of aromatic nitrogens is 5. The fourth-order valence-corrected chi connectivity index (χ4v) is 4.55. The zero-order chi connectivity index (χ0) is 17.7. The molecule has 0 aliphatic carbocycles. The Morgan fingerprint density at radius 1 is 1.31 bits per heavy atom. The van der Waals surface area contributed by atoms with E-state index < -0.39 is 6.10 Å². The second-order valence-electron chi connectivity index (χ2n) is 7.22. The number of aliphatic hydroxyl groups excluding tert-OH is 1. The van der Waals surface area contributed by atoms with E-state index in [-0.39, 0.29) is 0 Å². The lowest BCUT2D eigenvalue weighted by atomic mass is 9.98. The molecular formula is C19H22N6O. The van der Waals surface area contributed by atoms with Gasteiger partial charge in [-0.15, -0.1) is 0 Å². The maximum absolute atomic E-state index is 10.7. The van der Waals surface area contributed by atoms with Crippen LogP contribution in [-0.2, 0) is 13.0 Å². The maximum atomic E-state index is 10.7. The van der Waals surface area contributed by atoms with E-state index in [9.17, 15) is 5.11 Å². The van der Waals surface area contributed by atoms with E-state index in [1.54, 1.807) is 12.3 Å². The van der Waals surface area contributed by atoms with Crippen LogP contribution in [0.15, 0.2) is 24.8 Å². The molecule has 2 unspecified atom stereocenters. The maximum Gasteiger partial charge on any atom is 0.126 e. The molecule has 5 heterocycles. The molecular weight excluding hydrogens is 328 g/mol. The third kappa shape index (κ3) is 2.42. The fourth-order valence-electron chi connectivity index (χ4n) is 4.55. The summed E-state index contributed by atoms with van der Waals surface area (Å²) in [6, 6.07) is 2.22. The second-order valence-corrected chi connectivity index (χ2v) is 7.22. The normalized spacial score (nSPS) is 20.9. The minimum Gasteiger partial charge on any atom is -0.385 e. The zero-order valence-corrected chi connectivity index (χ0v) is 14.8. The van der Waals surface area contributed by atoms with Crippen molar-refractivity contribution in [2.45, 2.75) is 44.9 Å². The molecule has 0 radical (unpaired) electrons. The Morgan fingerprint density at radius 2 is 2.23 bits per heavy atom. The van der Waals surface area contributed by atoms with Crippen molar-refractivity contribution in [2.24, 2.45) is 0 Å². The van der Waals surface area contributed by atoms with E-state index >= 15 is 0 Å². The first-order valence-electron chi connectivity index (χ1n) is 9.25. The van der Waals surface area contributed by atoms with E-state index in [0.29, 0.717) is 18.3 Å². The molecule has 0 spiro atoms. The van der Waals surface area contributed by atoms with Gasteiger partial charge in [0.2, 0.25) is 0 Å². The van der Waals surface area contributed by atoms with E-state index in [1.807, 2.05) is 13.1 Å². The van der Waals surface area contributed by atoms with Crippen LogP contribution >= 0.6 is 0 Å².